The molecule has 3 aliphatic heterocycles. The number of hydrazine groups is 1. The Labute approximate surface area is 46.4 Å². The lowest BCUT2D eigenvalue weighted by molar-refractivity contribution is 0.371. The highest BCUT2D eigenvalue weighted by Crippen LogP contribution is 2.29. The minimum atomic E-state index is 0. The van der Waals surface area contributed by atoms with Gasteiger partial charge in [-0.3, -0.25) is 5.01 Å². The lowest BCUT2D eigenvalue weighted by Gasteiger charge is -2.13. The van der Waals surface area contributed by atoms with Crippen LogP contribution in [0, 0.1) is 0 Å². The highest BCUT2D eigenvalue weighted by atomic mass is 32.2. The van der Waals surface area contributed by atoms with E-state index in [1.807, 2.05) is 0 Å². The van der Waals surface area contributed by atoms with Gasteiger partial charge in [-0.25, -0.2) is 0 Å². The molecule has 40 valence electrons. The summed E-state index contributed by atoms with van der Waals surface area (Å²) in [5.41, 5.74) is 0. The van der Waals surface area contributed by atoms with Crippen molar-refractivity contribution < 1.29 is 0 Å². The number of rotatable bonds is 0. The second-order valence-electron chi connectivity index (χ2n) is 1.42. The van der Waals surface area contributed by atoms with Gasteiger partial charge in [0.1, 0.15) is 0 Å². The molecule has 0 atom stereocenters. The van der Waals surface area contributed by atoms with E-state index in [0.717, 1.165) is 6.54 Å². The molecule has 0 aromatic heterocycles. The van der Waals surface area contributed by atoms with Crippen LogP contribution in [0.1, 0.15) is 0 Å². The van der Waals surface area contributed by atoms with Gasteiger partial charge in [0, 0.05) is 11.1 Å². The van der Waals surface area contributed by atoms with E-state index >= 15 is 0 Å². The van der Waals surface area contributed by atoms with Crippen molar-refractivity contribution in [3.8, 4) is 0 Å². The third kappa shape index (κ3) is 0.514. The van der Waals surface area contributed by atoms with Gasteiger partial charge in [-0.1, -0.05) is 0 Å². The first kappa shape index (κ1) is 4.96. The third-order valence-corrected chi connectivity index (χ3v) is 1.74. The van der Waals surface area contributed by atoms with E-state index in [4.69, 9.17) is 0 Å². The minimum absolute atomic E-state index is 0. The van der Waals surface area contributed by atoms with E-state index in [-0.39, 0.29) is 6.15 Å². The molecule has 0 radical (unpaired) electrons. The Morgan fingerprint density at radius 1 is 1.86 bits per heavy atom. The first-order valence-corrected chi connectivity index (χ1v) is 2.67. The molecule has 3 aliphatic rings. The van der Waals surface area contributed by atoms with Crippen LogP contribution in [0.15, 0.2) is 11.1 Å². The Morgan fingerprint density at radius 2 is 2.57 bits per heavy atom. The Morgan fingerprint density at radius 3 is 2.71 bits per heavy atom. The number of nitrogens with one attached hydrogen (secondary N) is 1. The molecule has 3 rings (SSSR count). The summed E-state index contributed by atoms with van der Waals surface area (Å²) < 4.78 is 0. The van der Waals surface area contributed by atoms with Crippen LogP contribution in [-0.4, -0.2) is 11.6 Å². The molecule has 0 aromatic rings. The summed E-state index contributed by atoms with van der Waals surface area (Å²) in [4.78, 5) is 4.50. The predicted molar refractivity (Wildman–Crippen MR) is 30.5 cm³/mol. The van der Waals surface area contributed by atoms with Crippen LogP contribution < -0.4 is 11.0 Å². The Kier molecular flexibility index (Phi) is 0.989. The van der Waals surface area contributed by atoms with Crippen molar-refractivity contribution in [1.29, 1.82) is 0 Å². The molecule has 3 heterocycles. The van der Waals surface area contributed by atoms with Gasteiger partial charge in [0.05, 0.1) is 6.54 Å². The van der Waals surface area contributed by atoms with Gasteiger partial charge in [-0.05, 0) is 11.9 Å². The van der Waals surface area contributed by atoms with Crippen molar-refractivity contribution in [2.45, 2.75) is 0 Å². The van der Waals surface area contributed by atoms with Gasteiger partial charge in [0.15, 0.2) is 0 Å². The van der Waals surface area contributed by atoms with Crippen molar-refractivity contribution in [2.24, 2.45) is 0 Å². The van der Waals surface area contributed by atoms with Crippen LogP contribution >= 0.6 is 11.9 Å². The monoisotopic (exact) mass is 117 g/mol. The number of hydrogen-bond donors (Lipinski definition) is 2. The minimum Gasteiger partial charge on any atom is -0.344 e. The predicted octanol–water partition coefficient (Wildman–Crippen LogP) is 0.472. The average molecular weight is 117 g/mol. The Bertz CT molecular complexity index is 107. The van der Waals surface area contributed by atoms with Gasteiger partial charge >= 0.3 is 0 Å². The second-order valence-corrected chi connectivity index (χ2v) is 2.33. The summed E-state index contributed by atoms with van der Waals surface area (Å²) in [6.07, 6.45) is 2.10. The van der Waals surface area contributed by atoms with E-state index in [1.54, 1.807) is 11.9 Å². The molecule has 1 fully saturated rings. The SMILES string of the molecule is C1=C2CN1NS2.N. The fourth-order valence-corrected chi connectivity index (χ4v) is 1.29. The zero-order valence-corrected chi connectivity index (χ0v) is 4.66. The largest absolute Gasteiger partial charge is 0.344 e. The molecule has 2 bridgehead atoms. The van der Waals surface area contributed by atoms with Crippen LogP contribution in [0.3, 0.4) is 0 Å². The smallest absolute Gasteiger partial charge is 0.0685 e. The highest BCUT2D eigenvalue weighted by molar-refractivity contribution is 8.01. The van der Waals surface area contributed by atoms with E-state index in [2.05, 4.69) is 16.0 Å². The molecule has 0 amide bonds. The molecule has 4 heteroatoms. The normalized spacial score (nSPS) is 22.9. The van der Waals surface area contributed by atoms with E-state index in [1.165, 1.54) is 4.91 Å². The number of fused-ring (bicyclic) bond motifs is 1. The van der Waals surface area contributed by atoms with Crippen molar-refractivity contribution in [3.63, 3.8) is 0 Å². The maximum Gasteiger partial charge on any atom is 0.0685 e. The summed E-state index contributed by atoms with van der Waals surface area (Å²) in [7, 11) is 0. The van der Waals surface area contributed by atoms with Gasteiger partial charge < -0.3 is 6.15 Å². The molecular weight excluding hydrogens is 110 g/mol. The van der Waals surface area contributed by atoms with Crippen LogP contribution in [0.4, 0.5) is 0 Å². The van der Waals surface area contributed by atoms with Crippen LogP contribution in [0.2, 0.25) is 0 Å². The average Bonchev–Trinajstić information content (AvgIpc) is 1.72. The molecule has 0 unspecified atom stereocenters. The van der Waals surface area contributed by atoms with Crippen LogP contribution in [0.25, 0.3) is 0 Å². The van der Waals surface area contributed by atoms with Gasteiger partial charge in [0.25, 0.3) is 0 Å². The Balaban J connectivity index is 0.000000245. The number of hydrogen-bond acceptors (Lipinski definition) is 4. The first-order valence-electron chi connectivity index (χ1n) is 1.85. The molecule has 0 saturated carbocycles. The van der Waals surface area contributed by atoms with E-state index in [9.17, 15) is 0 Å². The van der Waals surface area contributed by atoms with Gasteiger partial charge in [0.2, 0.25) is 0 Å². The summed E-state index contributed by atoms with van der Waals surface area (Å²) in [6.45, 7) is 1.13. The molecule has 0 aromatic carbocycles. The molecule has 3 nitrogen and oxygen atoms in total. The third-order valence-electron chi connectivity index (χ3n) is 0.920. The second kappa shape index (κ2) is 1.40. The maximum atomic E-state index is 3.05. The van der Waals surface area contributed by atoms with Crippen LogP contribution in [-0.2, 0) is 0 Å². The quantitative estimate of drug-likeness (QED) is 0.453. The molecule has 7 heavy (non-hydrogen) atoms. The first-order chi connectivity index (χ1) is 2.95. The van der Waals surface area contributed by atoms with Gasteiger partial charge in [-0.2, -0.15) is 4.83 Å². The van der Waals surface area contributed by atoms with E-state index in [0.29, 0.717) is 0 Å². The topological polar surface area (TPSA) is 50.3 Å². The Hall–Kier alpha value is -0.190. The lowest BCUT2D eigenvalue weighted by Crippen LogP contribution is -2.25. The molecule has 0 aliphatic carbocycles. The van der Waals surface area contributed by atoms with Crippen molar-refractivity contribution >= 4 is 11.9 Å². The fourth-order valence-electron chi connectivity index (χ4n) is 0.550. The fraction of sp³-hybridized carbons (Fsp3) is 0.333. The molecule has 0 spiro atoms. The van der Waals surface area contributed by atoms with Crippen molar-refractivity contribution in [2.75, 3.05) is 6.54 Å². The summed E-state index contributed by atoms with van der Waals surface area (Å²) >= 11 is 1.71. The zero-order valence-electron chi connectivity index (χ0n) is 3.85. The van der Waals surface area contributed by atoms with Crippen LogP contribution in [0.5, 0.6) is 0 Å². The summed E-state index contributed by atoms with van der Waals surface area (Å²) in [6, 6.07) is 0. The van der Waals surface area contributed by atoms with E-state index < -0.39 is 0 Å². The molecule has 4 N–H and O–H groups in total. The summed E-state index contributed by atoms with van der Waals surface area (Å²) in [5, 5.41) is 2.06. The maximum absolute atomic E-state index is 3.05. The lowest BCUT2D eigenvalue weighted by atomic mass is 10.4. The van der Waals surface area contributed by atoms with Crippen molar-refractivity contribution in [1.82, 2.24) is 16.0 Å². The van der Waals surface area contributed by atoms with Crippen molar-refractivity contribution in [3.05, 3.63) is 11.1 Å². The standard InChI is InChI=1S/C3H4N2S.H3N/c1-3-2-5(1)4-6-3;/h1,4H,2H2;1H3. The summed E-state index contributed by atoms with van der Waals surface area (Å²) in [5.74, 6) is 0. The van der Waals surface area contributed by atoms with Gasteiger partial charge in [-0.15, -0.1) is 0 Å². The molecule has 1 saturated heterocycles. The molecular formula is C3H7N3S. The zero-order chi connectivity index (χ0) is 3.98. The highest BCUT2D eigenvalue weighted by Gasteiger charge is 2.23. The number of nitrogens with zero attached hydrogens (tertiary/aromatic N) is 1.